The lowest BCUT2D eigenvalue weighted by Crippen LogP contribution is -2.41. The van der Waals surface area contributed by atoms with Crippen molar-refractivity contribution in [3.8, 4) is 11.1 Å². The highest BCUT2D eigenvalue weighted by Gasteiger charge is 2.45. The van der Waals surface area contributed by atoms with Crippen LogP contribution in [-0.2, 0) is 22.7 Å². The van der Waals surface area contributed by atoms with Crippen LogP contribution in [-0.4, -0.2) is 43.1 Å². The highest BCUT2D eigenvalue weighted by molar-refractivity contribution is 5.85. The molecule has 11 heteroatoms. The molecule has 2 aromatic rings. The fourth-order valence-corrected chi connectivity index (χ4v) is 4.00. The molecule has 1 aliphatic rings. The third-order valence-electron chi connectivity index (χ3n) is 5.90. The zero-order valence-corrected chi connectivity index (χ0v) is 18.9. The minimum atomic E-state index is -5.13. The maximum atomic E-state index is 14.0. The van der Waals surface area contributed by atoms with Crippen molar-refractivity contribution in [1.29, 1.82) is 0 Å². The predicted molar refractivity (Wildman–Crippen MR) is 117 cm³/mol. The fourth-order valence-electron chi connectivity index (χ4n) is 4.00. The number of piperidine rings is 1. The molecular weight excluding hydrogens is 488 g/mol. The van der Waals surface area contributed by atoms with Crippen LogP contribution in [0, 0.1) is 5.92 Å². The lowest BCUT2D eigenvalue weighted by atomic mass is 9.85. The zero-order chi connectivity index (χ0) is 24.3. The van der Waals surface area contributed by atoms with Gasteiger partial charge in [-0.25, -0.2) is 0 Å². The molecule has 0 spiro atoms. The van der Waals surface area contributed by atoms with Gasteiger partial charge in [0.1, 0.15) is 5.60 Å². The Kier molecular flexibility index (Phi) is 9.40. The van der Waals surface area contributed by atoms with Gasteiger partial charge in [-0.2, -0.15) is 26.3 Å². The smallest absolute Gasteiger partial charge is 0.393 e. The second kappa shape index (κ2) is 11.3. The summed E-state index contributed by atoms with van der Waals surface area (Å²) in [7, 11) is 0. The van der Waals surface area contributed by atoms with Gasteiger partial charge in [0.15, 0.2) is 0 Å². The van der Waals surface area contributed by atoms with Gasteiger partial charge < -0.3 is 20.3 Å². The van der Waals surface area contributed by atoms with E-state index in [0.717, 1.165) is 0 Å². The molecule has 0 aromatic heterocycles. The third kappa shape index (κ3) is 6.23. The van der Waals surface area contributed by atoms with Crippen LogP contribution in [0.2, 0.25) is 0 Å². The van der Waals surface area contributed by atoms with Crippen LogP contribution in [0.25, 0.3) is 11.1 Å². The molecule has 34 heavy (non-hydrogen) atoms. The summed E-state index contributed by atoms with van der Waals surface area (Å²) in [5, 5.41) is 23.1. The molecule has 3 rings (SSSR count). The number of aliphatic hydroxyl groups is 2. The molecule has 1 heterocycles. The van der Waals surface area contributed by atoms with E-state index in [-0.39, 0.29) is 30.5 Å². The first-order valence-electron chi connectivity index (χ1n) is 10.5. The van der Waals surface area contributed by atoms with Crippen LogP contribution >= 0.6 is 12.4 Å². The lowest BCUT2D eigenvalue weighted by molar-refractivity contribution is -0.144. The van der Waals surface area contributed by atoms with E-state index in [9.17, 15) is 36.6 Å². The normalized spacial score (nSPS) is 15.8. The zero-order valence-electron chi connectivity index (χ0n) is 18.0. The molecule has 1 aliphatic heterocycles. The molecule has 0 saturated carbocycles. The first-order chi connectivity index (χ1) is 15.5. The Morgan fingerprint density at radius 1 is 0.853 bits per heavy atom. The summed E-state index contributed by atoms with van der Waals surface area (Å²) < 4.78 is 89.8. The maximum absolute atomic E-state index is 14.0. The average molecular weight is 514 g/mol. The number of benzene rings is 2. The molecule has 3 N–H and O–H groups in total. The number of rotatable bonds is 7. The van der Waals surface area contributed by atoms with Crippen molar-refractivity contribution in [3.05, 3.63) is 59.2 Å². The van der Waals surface area contributed by atoms with Crippen molar-refractivity contribution in [3.63, 3.8) is 0 Å². The molecule has 0 bridgehead atoms. The summed E-state index contributed by atoms with van der Waals surface area (Å²) in [6.07, 6.45) is -8.87. The summed E-state index contributed by atoms with van der Waals surface area (Å²) >= 11 is 0. The maximum Gasteiger partial charge on any atom is 0.417 e. The second-order valence-corrected chi connectivity index (χ2v) is 8.12. The van der Waals surface area contributed by atoms with E-state index in [1.165, 1.54) is 30.3 Å². The monoisotopic (exact) mass is 513 g/mol. The Morgan fingerprint density at radius 2 is 1.35 bits per heavy atom. The van der Waals surface area contributed by atoms with Gasteiger partial charge in [-0.15, -0.1) is 12.4 Å². The quantitative estimate of drug-likeness (QED) is 0.456. The van der Waals surface area contributed by atoms with Gasteiger partial charge in [0.05, 0.1) is 30.9 Å². The number of alkyl halides is 6. The molecule has 4 nitrogen and oxygen atoms in total. The molecule has 0 atom stereocenters. The molecule has 2 aromatic carbocycles. The van der Waals surface area contributed by atoms with Gasteiger partial charge in [-0.1, -0.05) is 30.3 Å². The molecule has 0 radical (unpaired) electrons. The fraction of sp³-hybridized carbons (Fsp3) is 0.478. The summed E-state index contributed by atoms with van der Waals surface area (Å²) in [6.45, 7) is -0.615. The molecule has 0 aliphatic carbocycles. The van der Waals surface area contributed by atoms with E-state index in [0.29, 0.717) is 38.1 Å². The molecule has 0 amide bonds. The highest BCUT2D eigenvalue weighted by Crippen LogP contribution is 2.47. The Labute approximate surface area is 199 Å². The third-order valence-corrected chi connectivity index (χ3v) is 5.90. The van der Waals surface area contributed by atoms with Crippen LogP contribution in [0.15, 0.2) is 42.5 Å². The van der Waals surface area contributed by atoms with E-state index in [1.807, 2.05) is 0 Å². The van der Waals surface area contributed by atoms with Crippen molar-refractivity contribution in [1.82, 2.24) is 5.32 Å². The Morgan fingerprint density at radius 3 is 1.79 bits per heavy atom. The molecule has 1 fully saturated rings. The first-order valence-corrected chi connectivity index (χ1v) is 10.5. The van der Waals surface area contributed by atoms with E-state index >= 15 is 0 Å². The van der Waals surface area contributed by atoms with Gasteiger partial charge >= 0.3 is 12.4 Å². The van der Waals surface area contributed by atoms with Crippen molar-refractivity contribution in [2.45, 2.75) is 30.8 Å². The number of hydrogen-bond acceptors (Lipinski definition) is 4. The van der Waals surface area contributed by atoms with Crippen molar-refractivity contribution in [2.75, 3.05) is 32.9 Å². The van der Waals surface area contributed by atoms with Crippen molar-refractivity contribution >= 4 is 12.4 Å². The van der Waals surface area contributed by atoms with Crippen LogP contribution < -0.4 is 5.32 Å². The van der Waals surface area contributed by atoms with Crippen molar-refractivity contribution in [2.24, 2.45) is 5.92 Å². The van der Waals surface area contributed by atoms with Gasteiger partial charge in [0.25, 0.3) is 0 Å². The second-order valence-electron chi connectivity index (χ2n) is 8.12. The lowest BCUT2D eigenvalue weighted by Gasteiger charge is -2.35. The molecule has 190 valence electrons. The summed E-state index contributed by atoms with van der Waals surface area (Å²) in [5.41, 5.74) is -7.01. The average Bonchev–Trinajstić information content (AvgIpc) is 2.79. The Hall–Kier alpha value is -1.85. The SMILES string of the molecule is Cl.OCC(CO)(OCC1CCNCC1)c1cc(C(F)(F)F)c(-c2ccccc2)c(C(F)(F)F)c1. The topological polar surface area (TPSA) is 61.7 Å². The Bertz CT molecular complexity index is 892. The largest absolute Gasteiger partial charge is 0.417 e. The van der Waals surface area contributed by atoms with Crippen molar-refractivity contribution < 1.29 is 41.3 Å². The van der Waals surface area contributed by atoms with Crippen LogP contribution in [0.3, 0.4) is 0 Å². The van der Waals surface area contributed by atoms with Gasteiger partial charge in [0, 0.05) is 5.56 Å². The van der Waals surface area contributed by atoms with Gasteiger partial charge in [-0.05, 0) is 55.1 Å². The Balaban J connectivity index is 0.00000408. The van der Waals surface area contributed by atoms with E-state index in [2.05, 4.69) is 5.32 Å². The van der Waals surface area contributed by atoms with Crippen LogP contribution in [0.5, 0.6) is 0 Å². The highest BCUT2D eigenvalue weighted by atomic mass is 35.5. The van der Waals surface area contributed by atoms with Crippen LogP contribution in [0.4, 0.5) is 26.3 Å². The number of ether oxygens (including phenoxy) is 1. The van der Waals surface area contributed by atoms with E-state index in [4.69, 9.17) is 4.74 Å². The first kappa shape index (κ1) is 28.4. The number of hydrogen-bond donors (Lipinski definition) is 3. The minimum absolute atomic E-state index is 0. The summed E-state index contributed by atoms with van der Waals surface area (Å²) in [6, 6.07) is 7.57. The number of halogens is 7. The minimum Gasteiger partial charge on any atom is -0.393 e. The number of aliphatic hydroxyl groups excluding tert-OH is 2. The van der Waals surface area contributed by atoms with E-state index in [1.54, 1.807) is 0 Å². The molecule has 1 saturated heterocycles. The van der Waals surface area contributed by atoms with Gasteiger partial charge in [0.2, 0.25) is 0 Å². The van der Waals surface area contributed by atoms with Crippen LogP contribution in [0.1, 0.15) is 29.5 Å². The molecular formula is C23H26ClF6NO3. The number of nitrogens with one attached hydrogen (secondary N) is 1. The standard InChI is InChI=1S/C23H25F6NO3.ClH/c24-22(25,26)18-10-17(21(13-31,14-32)33-12-15-6-8-30-9-7-15)11-19(23(27,28)29)20(18)16-4-2-1-3-5-16;/h1-5,10-11,15,30-32H,6-9,12-14H2;1H. The van der Waals surface area contributed by atoms with E-state index < -0.39 is 53.4 Å². The summed E-state index contributed by atoms with van der Waals surface area (Å²) in [4.78, 5) is 0. The van der Waals surface area contributed by atoms with Gasteiger partial charge in [-0.3, -0.25) is 0 Å². The molecule has 0 unspecified atom stereocenters. The summed E-state index contributed by atoms with van der Waals surface area (Å²) in [5.74, 6) is -0.00325. The predicted octanol–water partition coefficient (Wildman–Crippen LogP) is 5.01.